The lowest BCUT2D eigenvalue weighted by atomic mass is 10.0. The zero-order valence-electron chi connectivity index (χ0n) is 12.9. The number of aromatic nitrogens is 3. The number of esters is 1. The number of halogens is 1. The van der Waals surface area contributed by atoms with Crippen LogP contribution in [0.15, 0.2) is 24.5 Å². The summed E-state index contributed by atoms with van der Waals surface area (Å²) in [4.78, 5) is 16.5. The van der Waals surface area contributed by atoms with Crippen LogP contribution >= 0.6 is 11.6 Å². The number of hydrogen-bond acceptors (Lipinski definition) is 5. The Morgan fingerprint density at radius 1 is 1.48 bits per heavy atom. The van der Waals surface area contributed by atoms with Gasteiger partial charge in [-0.25, -0.2) is 4.79 Å². The number of ether oxygens (including phenoxy) is 2. The minimum Gasteiger partial charge on any atom is -0.462 e. The van der Waals surface area contributed by atoms with Gasteiger partial charge in [-0.2, -0.15) is 5.10 Å². The Labute approximate surface area is 139 Å². The molecule has 7 heteroatoms. The molecule has 0 radical (unpaired) electrons. The van der Waals surface area contributed by atoms with E-state index in [2.05, 4.69) is 10.1 Å². The largest absolute Gasteiger partial charge is 0.462 e. The van der Waals surface area contributed by atoms with Crippen molar-refractivity contribution < 1.29 is 14.3 Å². The number of alkyl halides is 1. The molecule has 122 valence electrons. The topological polar surface area (TPSA) is 66.2 Å². The summed E-state index contributed by atoms with van der Waals surface area (Å²) in [6.45, 7) is 3.80. The summed E-state index contributed by atoms with van der Waals surface area (Å²) in [6, 6.07) is 3.85. The Morgan fingerprint density at radius 3 is 2.87 bits per heavy atom. The minimum absolute atomic E-state index is 0.155. The van der Waals surface area contributed by atoms with Crippen LogP contribution in [0.3, 0.4) is 0 Å². The third-order valence-corrected chi connectivity index (χ3v) is 3.98. The Balaban J connectivity index is 1.82. The summed E-state index contributed by atoms with van der Waals surface area (Å²) in [7, 11) is 0. The maximum absolute atomic E-state index is 12.1. The van der Waals surface area contributed by atoms with Gasteiger partial charge in [-0.05, 0) is 18.6 Å². The number of hydrogen-bond donors (Lipinski definition) is 0. The van der Waals surface area contributed by atoms with E-state index >= 15 is 0 Å². The zero-order valence-corrected chi connectivity index (χ0v) is 13.6. The quantitative estimate of drug-likeness (QED) is 0.599. The molecule has 6 nitrogen and oxygen atoms in total. The molecular weight excluding hydrogens is 318 g/mol. The molecule has 0 aromatic carbocycles. The molecule has 3 heterocycles. The normalized spacial score (nSPS) is 14.5. The first kappa shape index (κ1) is 16.0. The summed E-state index contributed by atoms with van der Waals surface area (Å²) >= 11 is 5.76. The smallest absolute Gasteiger partial charge is 0.341 e. The zero-order chi connectivity index (χ0) is 16.2. The Hall–Kier alpha value is -1.92. The molecule has 2 aromatic rings. The summed E-state index contributed by atoms with van der Waals surface area (Å²) in [5.41, 5.74) is 3.08. The van der Waals surface area contributed by atoms with E-state index in [0.29, 0.717) is 37.8 Å². The van der Waals surface area contributed by atoms with Crippen LogP contribution in [0.5, 0.6) is 0 Å². The standard InChI is InChI=1S/C16H18ClN3O3/c1-2-23-16(21)14-8-20(19-15(14)12-9-22-10-12)7-13-4-3-11(5-17)6-18-13/h3-4,6,8,12H,2,5,7,9-10H2,1H3. The van der Waals surface area contributed by atoms with Crippen molar-refractivity contribution in [1.29, 1.82) is 0 Å². The van der Waals surface area contributed by atoms with Crippen LogP contribution in [0, 0.1) is 0 Å². The number of pyridine rings is 1. The van der Waals surface area contributed by atoms with Crippen LogP contribution in [-0.2, 0) is 21.9 Å². The van der Waals surface area contributed by atoms with Crippen molar-refractivity contribution in [1.82, 2.24) is 14.8 Å². The molecule has 0 unspecified atom stereocenters. The first-order valence-electron chi connectivity index (χ1n) is 7.53. The van der Waals surface area contributed by atoms with Gasteiger partial charge in [0.05, 0.1) is 43.7 Å². The van der Waals surface area contributed by atoms with Gasteiger partial charge in [0, 0.05) is 18.3 Å². The van der Waals surface area contributed by atoms with Crippen LogP contribution in [-0.4, -0.2) is 40.6 Å². The highest BCUT2D eigenvalue weighted by atomic mass is 35.5. The van der Waals surface area contributed by atoms with Crippen molar-refractivity contribution in [2.45, 2.75) is 25.3 Å². The van der Waals surface area contributed by atoms with Crippen molar-refractivity contribution in [3.8, 4) is 0 Å². The maximum Gasteiger partial charge on any atom is 0.341 e. The van der Waals surface area contributed by atoms with Gasteiger partial charge in [0.15, 0.2) is 0 Å². The molecule has 23 heavy (non-hydrogen) atoms. The lowest BCUT2D eigenvalue weighted by Gasteiger charge is -2.24. The van der Waals surface area contributed by atoms with Crippen LogP contribution in [0.25, 0.3) is 0 Å². The van der Waals surface area contributed by atoms with Crippen LogP contribution in [0.2, 0.25) is 0 Å². The molecule has 3 rings (SSSR count). The average Bonchev–Trinajstić information content (AvgIpc) is 2.90. The van der Waals surface area contributed by atoms with E-state index in [1.54, 1.807) is 24.0 Å². The fourth-order valence-corrected chi connectivity index (χ4v) is 2.53. The second kappa shape index (κ2) is 7.10. The molecule has 0 saturated carbocycles. The van der Waals surface area contributed by atoms with Gasteiger partial charge < -0.3 is 9.47 Å². The van der Waals surface area contributed by atoms with Crippen LogP contribution in [0.4, 0.5) is 0 Å². The van der Waals surface area contributed by atoms with E-state index in [1.165, 1.54) is 0 Å². The lowest BCUT2D eigenvalue weighted by Crippen LogP contribution is -2.27. The van der Waals surface area contributed by atoms with Crippen molar-refractivity contribution in [3.63, 3.8) is 0 Å². The predicted octanol–water partition coefficient (Wildman–Crippen LogP) is 2.36. The van der Waals surface area contributed by atoms with Crippen LogP contribution < -0.4 is 0 Å². The minimum atomic E-state index is -0.342. The van der Waals surface area contributed by atoms with E-state index < -0.39 is 0 Å². The monoisotopic (exact) mass is 335 g/mol. The number of carbonyl (C=O) groups is 1. The highest BCUT2D eigenvalue weighted by Gasteiger charge is 2.29. The van der Waals surface area contributed by atoms with Crippen molar-refractivity contribution in [3.05, 3.63) is 47.0 Å². The Bertz CT molecular complexity index is 680. The van der Waals surface area contributed by atoms with Gasteiger partial charge in [0.25, 0.3) is 0 Å². The summed E-state index contributed by atoms with van der Waals surface area (Å²) in [6.07, 6.45) is 3.47. The fraction of sp³-hybridized carbons (Fsp3) is 0.438. The van der Waals surface area contributed by atoms with E-state index in [9.17, 15) is 4.79 Å². The van der Waals surface area contributed by atoms with Gasteiger partial charge in [-0.15, -0.1) is 11.6 Å². The highest BCUT2D eigenvalue weighted by Crippen LogP contribution is 2.26. The second-order valence-electron chi connectivity index (χ2n) is 5.37. The molecule has 1 aliphatic heterocycles. The van der Waals surface area contributed by atoms with Crippen molar-refractivity contribution in [2.75, 3.05) is 19.8 Å². The van der Waals surface area contributed by atoms with Gasteiger partial charge in [-0.1, -0.05) is 6.07 Å². The Kier molecular flexibility index (Phi) is 4.93. The molecule has 0 aliphatic carbocycles. The molecule has 0 atom stereocenters. The van der Waals surface area contributed by atoms with Gasteiger partial charge in [0.2, 0.25) is 0 Å². The summed E-state index contributed by atoms with van der Waals surface area (Å²) in [5.74, 6) is 0.252. The molecule has 2 aromatic heterocycles. The van der Waals surface area contributed by atoms with Gasteiger partial charge in [0.1, 0.15) is 5.56 Å². The summed E-state index contributed by atoms with van der Waals surface area (Å²) < 4.78 is 12.1. The molecule has 1 fully saturated rings. The molecule has 0 amide bonds. The predicted molar refractivity (Wildman–Crippen MR) is 84.6 cm³/mol. The number of carbonyl (C=O) groups excluding carboxylic acids is 1. The summed E-state index contributed by atoms with van der Waals surface area (Å²) in [5, 5.41) is 4.54. The molecule has 0 bridgehead atoms. The lowest BCUT2D eigenvalue weighted by molar-refractivity contribution is 0.00573. The van der Waals surface area contributed by atoms with Crippen LogP contribution in [0.1, 0.15) is 40.2 Å². The maximum atomic E-state index is 12.1. The van der Waals surface area contributed by atoms with Gasteiger partial charge >= 0.3 is 5.97 Å². The Morgan fingerprint density at radius 2 is 2.30 bits per heavy atom. The molecular formula is C16H18ClN3O3. The highest BCUT2D eigenvalue weighted by molar-refractivity contribution is 6.17. The first-order valence-corrected chi connectivity index (χ1v) is 8.06. The van der Waals surface area contributed by atoms with Crippen molar-refractivity contribution in [2.24, 2.45) is 0 Å². The first-order chi connectivity index (χ1) is 11.2. The van der Waals surface area contributed by atoms with E-state index in [4.69, 9.17) is 21.1 Å². The van der Waals surface area contributed by atoms with E-state index in [0.717, 1.165) is 17.0 Å². The molecule has 1 aliphatic rings. The third-order valence-electron chi connectivity index (χ3n) is 3.67. The SMILES string of the molecule is CCOC(=O)c1cn(Cc2ccc(CCl)cn2)nc1C1COC1. The third kappa shape index (κ3) is 3.54. The van der Waals surface area contributed by atoms with E-state index in [-0.39, 0.29) is 11.9 Å². The molecule has 1 saturated heterocycles. The van der Waals surface area contributed by atoms with Gasteiger partial charge in [-0.3, -0.25) is 9.67 Å². The van der Waals surface area contributed by atoms with E-state index in [1.807, 2.05) is 12.1 Å². The molecule has 0 spiro atoms. The van der Waals surface area contributed by atoms with Crippen molar-refractivity contribution >= 4 is 17.6 Å². The number of nitrogens with zero attached hydrogens (tertiary/aromatic N) is 3. The number of rotatable bonds is 6. The molecule has 0 N–H and O–H groups in total. The average molecular weight is 336 g/mol. The fourth-order valence-electron chi connectivity index (χ4n) is 2.37. The second-order valence-corrected chi connectivity index (χ2v) is 5.64.